The van der Waals surface area contributed by atoms with Gasteiger partial charge >= 0.3 is 5.97 Å². The molecule has 2 aromatic heterocycles. The first-order valence-electron chi connectivity index (χ1n) is 5.38. The fourth-order valence-electron chi connectivity index (χ4n) is 2.03. The first kappa shape index (κ1) is 10.5. The molecule has 0 radical (unpaired) electrons. The zero-order chi connectivity index (χ0) is 12.7. The molecule has 0 spiro atoms. The number of hydrogen-bond acceptors (Lipinski definition) is 2. The van der Waals surface area contributed by atoms with Crippen molar-refractivity contribution in [3.05, 3.63) is 42.2 Å². The number of aromatic hydroxyl groups is 1. The summed E-state index contributed by atoms with van der Waals surface area (Å²) < 4.78 is 0. The van der Waals surface area contributed by atoms with E-state index in [1.807, 2.05) is 6.07 Å². The molecule has 0 aliphatic heterocycles. The van der Waals surface area contributed by atoms with Crippen LogP contribution in [0.5, 0.6) is 5.75 Å². The molecule has 5 heteroatoms. The number of phenols is 1. The molecule has 18 heavy (non-hydrogen) atoms. The Morgan fingerprint density at radius 1 is 1.17 bits per heavy atom. The maximum atomic E-state index is 11.0. The highest BCUT2D eigenvalue weighted by Crippen LogP contribution is 2.28. The minimum absolute atomic E-state index is 0.144. The van der Waals surface area contributed by atoms with Crippen LogP contribution in [0.25, 0.3) is 22.2 Å². The van der Waals surface area contributed by atoms with E-state index in [9.17, 15) is 9.90 Å². The largest absolute Gasteiger partial charge is 0.508 e. The van der Waals surface area contributed by atoms with Crippen LogP contribution in [0, 0.1) is 0 Å². The number of benzene rings is 1. The molecule has 0 amide bonds. The van der Waals surface area contributed by atoms with Gasteiger partial charge in [-0.2, -0.15) is 0 Å². The van der Waals surface area contributed by atoms with Gasteiger partial charge in [0.2, 0.25) is 0 Å². The van der Waals surface area contributed by atoms with Gasteiger partial charge in [0.15, 0.2) is 0 Å². The van der Waals surface area contributed by atoms with Crippen LogP contribution in [0.4, 0.5) is 0 Å². The van der Waals surface area contributed by atoms with Gasteiger partial charge in [-0.3, -0.25) is 0 Å². The SMILES string of the molecule is O=C(O)c1[nH]ccc1-c1cc2ccc(O)cc2[nH]1. The second-order valence-electron chi connectivity index (χ2n) is 4.03. The van der Waals surface area contributed by atoms with E-state index in [4.69, 9.17) is 5.11 Å². The van der Waals surface area contributed by atoms with Crippen molar-refractivity contribution in [3.63, 3.8) is 0 Å². The monoisotopic (exact) mass is 242 g/mol. The average molecular weight is 242 g/mol. The van der Waals surface area contributed by atoms with E-state index in [-0.39, 0.29) is 11.4 Å². The Bertz CT molecular complexity index is 740. The molecule has 5 nitrogen and oxygen atoms in total. The number of aromatic nitrogens is 2. The second-order valence-corrected chi connectivity index (χ2v) is 4.03. The number of phenolic OH excluding ortho intramolecular Hbond substituents is 1. The number of aromatic amines is 2. The normalized spacial score (nSPS) is 10.9. The summed E-state index contributed by atoms with van der Waals surface area (Å²) in [7, 11) is 0. The summed E-state index contributed by atoms with van der Waals surface area (Å²) in [5.74, 6) is -0.833. The minimum atomic E-state index is -1.00. The summed E-state index contributed by atoms with van der Waals surface area (Å²) in [5, 5.41) is 19.4. The van der Waals surface area contributed by atoms with Crippen molar-refractivity contribution in [1.29, 1.82) is 0 Å². The molecule has 0 bridgehead atoms. The van der Waals surface area contributed by atoms with Gasteiger partial charge in [0.05, 0.1) is 0 Å². The van der Waals surface area contributed by atoms with Crippen LogP contribution < -0.4 is 0 Å². The number of nitrogens with one attached hydrogen (secondary N) is 2. The average Bonchev–Trinajstić information content (AvgIpc) is 2.93. The highest BCUT2D eigenvalue weighted by Gasteiger charge is 2.14. The molecule has 0 aliphatic rings. The van der Waals surface area contributed by atoms with E-state index < -0.39 is 5.97 Å². The van der Waals surface area contributed by atoms with Crippen molar-refractivity contribution in [2.75, 3.05) is 0 Å². The molecule has 4 N–H and O–H groups in total. The van der Waals surface area contributed by atoms with E-state index in [1.54, 1.807) is 30.5 Å². The lowest BCUT2D eigenvalue weighted by Crippen LogP contribution is -1.98. The molecule has 3 rings (SSSR count). The van der Waals surface area contributed by atoms with E-state index in [0.29, 0.717) is 11.3 Å². The Kier molecular flexibility index (Phi) is 2.13. The third kappa shape index (κ3) is 1.53. The Hall–Kier alpha value is -2.69. The molecular weight excluding hydrogens is 232 g/mol. The van der Waals surface area contributed by atoms with Gasteiger partial charge in [0.1, 0.15) is 11.4 Å². The molecule has 2 heterocycles. The van der Waals surface area contributed by atoms with Crippen LogP contribution in [0.15, 0.2) is 36.5 Å². The highest BCUT2D eigenvalue weighted by molar-refractivity contribution is 5.96. The Morgan fingerprint density at radius 2 is 2.00 bits per heavy atom. The molecule has 0 saturated carbocycles. The van der Waals surface area contributed by atoms with Gasteiger partial charge in [-0.25, -0.2) is 4.79 Å². The van der Waals surface area contributed by atoms with Crippen molar-refractivity contribution in [1.82, 2.24) is 9.97 Å². The maximum Gasteiger partial charge on any atom is 0.353 e. The summed E-state index contributed by atoms with van der Waals surface area (Å²) in [6.07, 6.45) is 1.59. The Balaban J connectivity index is 2.19. The summed E-state index contributed by atoms with van der Waals surface area (Å²) in [4.78, 5) is 16.8. The number of rotatable bonds is 2. The lowest BCUT2D eigenvalue weighted by Gasteiger charge is -1.96. The zero-order valence-corrected chi connectivity index (χ0v) is 9.27. The van der Waals surface area contributed by atoms with Crippen molar-refractivity contribution in [2.45, 2.75) is 0 Å². The number of carbonyl (C=O) groups is 1. The molecule has 0 fully saturated rings. The predicted octanol–water partition coefficient (Wildman–Crippen LogP) is 2.57. The van der Waals surface area contributed by atoms with Gasteiger partial charge < -0.3 is 20.2 Å². The highest BCUT2D eigenvalue weighted by atomic mass is 16.4. The first-order chi connectivity index (χ1) is 8.65. The topological polar surface area (TPSA) is 89.1 Å². The Labute approximate surface area is 102 Å². The summed E-state index contributed by atoms with van der Waals surface area (Å²) >= 11 is 0. The zero-order valence-electron chi connectivity index (χ0n) is 9.27. The maximum absolute atomic E-state index is 11.0. The number of fused-ring (bicyclic) bond motifs is 1. The van der Waals surface area contributed by atoms with Crippen molar-refractivity contribution < 1.29 is 15.0 Å². The lowest BCUT2D eigenvalue weighted by atomic mass is 10.1. The molecule has 0 aliphatic carbocycles. The Morgan fingerprint density at radius 3 is 2.78 bits per heavy atom. The number of H-pyrrole nitrogens is 2. The fourth-order valence-corrected chi connectivity index (χ4v) is 2.03. The number of carboxylic acid groups (broad SMARTS) is 1. The van der Waals surface area contributed by atoms with Crippen molar-refractivity contribution >= 4 is 16.9 Å². The van der Waals surface area contributed by atoms with Crippen molar-refractivity contribution in [3.8, 4) is 17.0 Å². The van der Waals surface area contributed by atoms with Crippen LogP contribution in [0.2, 0.25) is 0 Å². The molecular formula is C13H10N2O3. The quantitative estimate of drug-likeness (QED) is 0.556. The summed E-state index contributed by atoms with van der Waals surface area (Å²) in [5.41, 5.74) is 2.21. The van der Waals surface area contributed by atoms with Crippen LogP contribution in [0.1, 0.15) is 10.5 Å². The number of carboxylic acids is 1. The lowest BCUT2D eigenvalue weighted by molar-refractivity contribution is 0.0692. The van der Waals surface area contributed by atoms with Gasteiger partial charge in [-0.15, -0.1) is 0 Å². The third-order valence-electron chi connectivity index (χ3n) is 2.86. The number of aromatic carboxylic acids is 1. The van der Waals surface area contributed by atoms with Crippen LogP contribution >= 0.6 is 0 Å². The van der Waals surface area contributed by atoms with E-state index in [0.717, 1.165) is 10.9 Å². The minimum Gasteiger partial charge on any atom is -0.508 e. The summed E-state index contributed by atoms with van der Waals surface area (Å²) in [6, 6.07) is 8.53. The van der Waals surface area contributed by atoms with Crippen molar-refractivity contribution in [2.24, 2.45) is 0 Å². The molecule has 0 unspecified atom stereocenters. The van der Waals surface area contributed by atoms with Gasteiger partial charge in [0.25, 0.3) is 0 Å². The van der Waals surface area contributed by atoms with E-state index in [2.05, 4.69) is 9.97 Å². The van der Waals surface area contributed by atoms with Crippen LogP contribution in [-0.2, 0) is 0 Å². The van der Waals surface area contributed by atoms with Gasteiger partial charge in [0, 0.05) is 34.4 Å². The third-order valence-corrected chi connectivity index (χ3v) is 2.86. The first-order valence-corrected chi connectivity index (χ1v) is 5.38. The van der Waals surface area contributed by atoms with Crippen LogP contribution in [0.3, 0.4) is 0 Å². The van der Waals surface area contributed by atoms with Crippen LogP contribution in [-0.4, -0.2) is 26.2 Å². The molecule has 0 atom stereocenters. The fraction of sp³-hybridized carbons (Fsp3) is 0. The summed E-state index contributed by atoms with van der Waals surface area (Å²) in [6.45, 7) is 0. The molecule has 0 saturated heterocycles. The number of hydrogen-bond donors (Lipinski definition) is 4. The molecule has 90 valence electrons. The standard InChI is InChI=1S/C13H10N2O3/c16-8-2-1-7-5-11(15-10(7)6-8)9-3-4-14-12(9)13(17)18/h1-6,14-16H,(H,17,18). The molecule has 3 aromatic rings. The van der Waals surface area contributed by atoms with E-state index in [1.165, 1.54) is 0 Å². The molecule has 1 aromatic carbocycles. The smallest absolute Gasteiger partial charge is 0.353 e. The van der Waals surface area contributed by atoms with E-state index >= 15 is 0 Å². The predicted molar refractivity (Wildman–Crippen MR) is 66.7 cm³/mol. The van der Waals surface area contributed by atoms with Gasteiger partial charge in [-0.1, -0.05) is 0 Å². The second kappa shape index (κ2) is 3.66. The van der Waals surface area contributed by atoms with Gasteiger partial charge in [-0.05, 0) is 24.3 Å².